The maximum Gasteiger partial charge on any atom is 0.224 e. The summed E-state index contributed by atoms with van der Waals surface area (Å²) in [7, 11) is 0. The number of hydrogen-bond acceptors (Lipinski definition) is 6. The predicted octanol–water partition coefficient (Wildman–Crippen LogP) is 1.85. The highest BCUT2D eigenvalue weighted by Gasteiger charge is 2.07. The van der Waals surface area contributed by atoms with E-state index in [4.69, 9.17) is 10.5 Å². The quantitative estimate of drug-likeness (QED) is 0.852. The Morgan fingerprint density at radius 1 is 1.26 bits per heavy atom. The van der Waals surface area contributed by atoms with Crippen LogP contribution in [0.2, 0.25) is 0 Å². The van der Waals surface area contributed by atoms with Crippen molar-refractivity contribution in [3.63, 3.8) is 0 Å². The largest absolute Gasteiger partial charge is 0.475 e. The summed E-state index contributed by atoms with van der Waals surface area (Å²) in [6, 6.07) is 5.46. The molecule has 0 spiro atoms. The molecule has 0 radical (unpaired) electrons. The maximum atomic E-state index is 5.64. The smallest absolute Gasteiger partial charge is 0.224 e. The lowest BCUT2D eigenvalue weighted by atomic mass is 10.2. The molecule has 2 aromatic heterocycles. The Morgan fingerprint density at radius 2 is 2.11 bits per heavy atom. The van der Waals surface area contributed by atoms with Crippen molar-refractivity contribution in [3.8, 4) is 5.88 Å². The Hall–Kier alpha value is -2.37. The molecule has 0 bridgehead atoms. The fraction of sp³-hybridized carbons (Fsp3) is 0.308. The van der Waals surface area contributed by atoms with Gasteiger partial charge < -0.3 is 15.8 Å². The lowest BCUT2D eigenvalue weighted by Crippen LogP contribution is -2.11. The number of pyridine rings is 1. The number of hydrogen-bond donors (Lipinski definition) is 2. The second kappa shape index (κ2) is 5.99. The third-order valence-electron chi connectivity index (χ3n) is 2.31. The molecule has 100 valence electrons. The summed E-state index contributed by atoms with van der Waals surface area (Å²) >= 11 is 0. The van der Waals surface area contributed by atoms with Gasteiger partial charge in [-0.3, -0.25) is 0 Å². The van der Waals surface area contributed by atoms with Crippen molar-refractivity contribution >= 4 is 11.8 Å². The minimum atomic E-state index is 0.0808. The molecular formula is C13H17N5O. The number of anilines is 2. The molecule has 2 aromatic rings. The SMILES string of the molecule is CC(C)Oc1ncccc1CNc1nccc(N)n1. The zero-order valence-corrected chi connectivity index (χ0v) is 11.0. The maximum absolute atomic E-state index is 5.64. The number of nitrogens with zero attached hydrogens (tertiary/aromatic N) is 3. The predicted molar refractivity (Wildman–Crippen MR) is 73.8 cm³/mol. The summed E-state index contributed by atoms with van der Waals surface area (Å²) in [5.41, 5.74) is 6.54. The van der Waals surface area contributed by atoms with Crippen LogP contribution in [0.3, 0.4) is 0 Å². The van der Waals surface area contributed by atoms with Gasteiger partial charge in [-0.15, -0.1) is 0 Å². The number of nitrogens with two attached hydrogens (primary N) is 1. The number of rotatable bonds is 5. The standard InChI is InChI=1S/C13H17N5O/c1-9(2)19-12-10(4-3-6-15-12)8-17-13-16-7-5-11(14)18-13/h3-7,9H,8H2,1-2H3,(H3,14,16,17,18). The molecule has 6 nitrogen and oxygen atoms in total. The third-order valence-corrected chi connectivity index (χ3v) is 2.31. The lowest BCUT2D eigenvalue weighted by molar-refractivity contribution is 0.230. The van der Waals surface area contributed by atoms with Crippen molar-refractivity contribution in [1.82, 2.24) is 15.0 Å². The van der Waals surface area contributed by atoms with Crippen LogP contribution in [0.25, 0.3) is 0 Å². The molecule has 2 rings (SSSR count). The Bertz CT molecular complexity index is 544. The fourth-order valence-electron chi connectivity index (χ4n) is 1.52. The Labute approximate surface area is 112 Å². The van der Waals surface area contributed by atoms with E-state index in [9.17, 15) is 0 Å². The molecule has 0 fully saturated rings. The number of ether oxygens (including phenoxy) is 1. The first kappa shape index (κ1) is 13.1. The molecule has 6 heteroatoms. The van der Waals surface area contributed by atoms with Crippen LogP contribution in [-0.2, 0) is 6.54 Å². The van der Waals surface area contributed by atoms with Crippen LogP contribution in [0.15, 0.2) is 30.6 Å². The molecule has 0 saturated carbocycles. The van der Waals surface area contributed by atoms with E-state index in [1.807, 2.05) is 26.0 Å². The highest BCUT2D eigenvalue weighted by atomic mass is 16.5. The first-order valence-corrected chi connectivity index (χ1v) is 6.08. The average molecular weight is 259 g/mol. The molecule has 3 N–H and O–H groups in total. The molecule has 0 aliphatic heterocycles. The van der Waals surface area contributed by atoms with E-state index in [2.05, 4.69) is 20.3 Å². The second-order valence-electron chi connectivity index (χ2n) is 4.29. The molecule has 0 aromatic carbocycles. The molecule has 0 unspecified atom stereocenters. The van der Waals surface area contributed by atoms with E-state index < -0.39 is 0 Å². The van der Waals surface area contributed by atoms with Crippen LogP contribution in [0, 0.1) is 0 Å². The third kappa shape index (κ3) is 3.80. The van der Waals surface area contributed by atoms with Gasteiger partial charge in [-0.05, 0) is 26.0 Å². The Morgan fingerprint density at radius 3 is 2.84 bits per heavy atom. The van der Waals surface area contributed by atoms with Gasteiger partial charge in [-0.2, -0.15) is 4.98 Å². The van der Waals surface area contributed by atoms with Crippen molar-refractivity contribution in [2.24, 2.45) is 0 Å². The minimum absolute atomic E-state index is 0.0808. The van der Waals surface area contributed by atoms with Gasteiger partial charge in [0.2, 0.25) is 11.8 Å². The van der Waals surface area contributed by atoms with Crippen molar-refractivity contribution in [1.29, 1.82) is 0 Å². The molecule has 0 aliphatic carbocycles. The highest BCUT2D eigenvalue weighted by molar-refractivity contribution is 5.37. The Kier molecular flexibility index (Phi) is 4.12. The van der Waals surface area contributed by atoms with Crippen LogP contribution in [0.4, 0.5) is 11.8 Å². The van der Waals surface area contributed by atoms with Gasteiger partial charge in [0.25, 0.3) is 0 Å². The van der Waals surface area contributed by atoms with Gasteiger partial charge >= 0.3 is 0 Å². The number of nitrogen functional groups attached to an aromatic ring is 1. The van der Waals surface area contributed by atoms with Crippen LogP contribution in [0.5, 0.6) is 5.88 Å². The Balaban J connectivity index is 2.07. The van der Waals surface area contributed by atoms with Crippen LogP contribution < -0.4 is 15.8 Å². The number of aromatic nitrogens is 3. The topological polar surface area (TPSA) is 86.0 Å². The summed E-state index contributed by atoms with van der Waals surface area (Å²) in [5.74, 6) is 1.54. The van der Waals surface area contributed by atoms with Crippen molar-refractivity contribution in [2.75, 3.05) is 11.1 Å². The van der Waals surface area contributed by atoms with Crippen LogP contribution >= 0.6 is 0 Å². The molecule has 2 heterocycles. The second-order valence-corrected chi connectivity index (χ2v) is 4.29. The molecule has 0 atom stereocenters. The number of nitrogens with one attached hydrogen (secondary N) is 1. The fourth-order valence-corrected chi connectivity index (χ4v) is 1.52. The molecule has 0 amide bonds. The zero-order valence-electron chi connectivity index (χ0n) is 11.0. The minimum Gasteiger partial charge on any atom is -0.475 e. The van der Waals surface area contributed by atoms with E-state index in [0.29, 0.717) is 24.2 Å². The molecule has 0 saturated heterocycles. The van der Waals surface area contributed by atoms with Crippen LogP contribution in [0.1, 0.15) is 19.4 Å². The van der Waals surface area contributed by atoms with E-state index in [-0.39, 0.29) is 6.10 Å². The summed E-state index contributed by atoms with van der Waals surface area (Å²) in [5, 5.41) is 3.09. The van der Waals surface area contributed by atoms with Gasteiger partial charge in [0, 0.05) is 24.5 Å². The zero-order chi connectivity index (χ0) is 13.7. The van der Waals surface area contributed by atoms with Crippen molar-refractivity contribution < 1.29 is 4.74 Å². The van der Waals surface area contributed by atoms with E-state index in [0.717, 1.165) is 5.56 Å². The summed E-state index contributed by atoms with van der Waals surface area (Å²) in [6.45, 7) is 4.46. The van der Waals surface area contributed by atoms with E-state index in [1.54, 1.807) is 18.5 Å². The van der Waals surface area contributed by atoms with Gasteiger partial charge in [0.15, 0.2) is 0 Å². The van der Waals surface area contributed by atoms with Gasteiger partial charge in [0.05, 0.1) is 6.10 Å². The molecular weight excluding hydrogens is 242 g/mol. The normalized spacial score (nSPS) is 10.5. The van der Waals surface area contributed by atoms with Crippen LogP contribution in [-0.4, -0.2) is 21.1 Å². The lowest BCUT2D eigenvalue weighted by Gasteiger charge is -2.13. The average Bonchev–Trinajstić information content (AvgIpc) is 2.37. The van der Waals surface area contributed by atoms with Crippen molar-refractivity contribution in [3.05, 3.63) is 36.2 Å². The monoisotopic (exact) mass is 259 g/mol. The summed E-state index contributed by atoms with van der Waals surface area (Å²) in [4.78, 5) is 12.4. The summed E-state index contributed by atoms with van der Waals surface area (Å²) in [6.07, 6.45) is 3.40. The first-order valence-electron chi connectivity index (χ1n) is 6.08. The van der Waals surface area contributed by atoms with E-state index in [1.165, 1.54) is 0 Å². The van der Waals surface area contributed by atoms with E-state index >= 15 is 0 Å². The van der Waals surface area contributed by atoms with Gasteiger partial charge in [-0.1, -0.05) is 6.07 Å². The van der Waals surface area contributed by atoms with Gasteiger partial charge in [0.1, 0.15) is 5.82 Å². The first-order chi connectivity index (χ1) is 9.15. The highest BCUT2D eigenvalue weighted by Crippen LogP contribution is 2.17. The molecule has 0 aliphatic rings. The summed E-state index contributed by atoms with van der Waals surface area (Å²) < 4.78 is 5.64. The van der Waals surface area contributed by atoms with Gasteiger partial charge in [-0.25, -0.2) is 9.97 Å². The van der Waals surface area contributed by atoms with Crippen molar-refractivity contribution in [2.45, 2.75) is 26.5 Å². The molecule has 19 heavy (non-hydrogen) atoms.